The van der Waals surface area contributed by atoms with Crippen molar-refractivity contribution in [1.82, 2.24) is 10.2 Å². The zero-order chi connectivity index (χ0) is 12.6. The van der Waals surface area contributed by atoms with Gasteiger partial charge in [0.15, 0.2) is 0 Å². The van der Waals surface area contributed by atoms with E-state index in [2.05, 4.69) is 5.32 Å². The highest BCUT2D eigenvalue weighted by Crippen LogP contribution is 2.00. The van der Waals surface area contributed by atoms with Gasteiger partial charge in [0.05, 0.1) is 0 Å². The van der Waals surface area contributed by atoms with Gasteiger partial charge in [-0.25, -0.2) is 4.79 Å². The van der Waals surface area contributed by atoms with E-state index in [1.54, 1.807) is 4.90 Å². The zero-order valence-corrected chi connectivity index (χ0v) is 10.3. The predicted octanol–water partition coefficient (Wildman–Crippen LogP) is 1.54. The van der Waals surface area contributed by atoms with Crippen LogP contribution in [0.5, 0.6) is 0 Å². The van der Waals surface area contributed by atoms with E-state index >= 15 is 0 Å². The first kappa shape index (κ1) is 14.7. The monoisotopic (exact) mass is 230 g/mol. The van der Waals surface area contributed by atoms with Gasteiger partial charge in [0.2, 0.25) is 0 Å². The highest BCUT2D eigenvalue weighted by molar-refractivity contribution is 5.74. The van der Waals surface area contributed by atoms with Gasteiger partial charge < -0.3 is 15.3 Å². The number of nitrogens with zero attached hydrogens (tertiary/aromatic N) is 1. The van der Waals surface area contributed by atoms with Crippen molar-refractivity contribution < 1.29 is 14.7 Å². The predicted molar refractivity (Wildman–Crippen MR) is 62.4 cm³/mol. The van der Waals surface area contributed by atoms with Crippen LogP contribution in [0, 0.1) is 5.92 Å². The summed E-state index contributed by atoms with van der Waals surface area (Å²) in [5, 5.41) is 11.3. The van der Waals surface area contributed by atoms with E-state index in [1.165, 1.54) is 0 Å². The first-order chi connectivity index (χ1) is 7.51. The minimum absolute atomic E-state index is 0.0400. The molecule has 0 aromatic rings. The summed E-state index contributed by atoms with van der Waals surface area (Å²) in [5.74, 6) is -0.871. The number of carbonyl (C=O) groups excluding carboxylic acids is 1. The lowest BCUT2D eigenvalue weighted by atomic mass is 10.1. The molecule has 0 saturated heterocycles. The van der Waals surface area contributed by atoms with Crippen LogP contribution in [0.4, 0.5) is 4.79 Å². The fraction of sp³-hybridized carbons (Fsp3) is 0.818. The average Bonchev–Trinajstić information content (AvgIpc) is 2.21. The minimum atomic E-state index is -0.831. The molecule has 94 valence electrons. The molecule has 1 atom stereocenters. The first-order valence-corrected chi connectivity index (χ1v) is 5.75. The molecule has 1 unspecified atom stereocenters. The quantitative estimate of drug-likeness (QED) is 0.697. The van der Waals surface area contributed by atoms with E-state index in [9.17, 15) is 9.59 Å². The van der Waals surface area contributed by atoms with Crippen LogP contribution in [0.25, 0.3) is 0 Å². The van der Waals surface area contributed by atoms with Crippen molar-refractivity contribution in [3.63, 3.8) is 0 Å². The lowest BCUT2D eigenvalue weighted by Crippen LogP contribution is -2.42. The van der Waals surface area contributed by atoms with Crippen molar-refractivity contribution in [2.24, 2.45) is 5.92 Å². The summed E-state index contributed by atoms with van der Waals surface area (Å²) in [4.78, 5) is 23.8. The molecule has 5 nitrogen and oxygen atoms in total. The Morgan fingerprint density at radius 2 is 2.00 bits per heavy atom. The molecule has 0 aromatic heterocycles. The smallest absolute Gasteiger partial charge is 0.317 e. The van der Waals surface area contributed by atoms with Gasteiger partial charge in [-0.05, 0) is 19.3 Å². The second kappa shape index (κ2) is 7.96. The second-order valence-corrected chi connectivity index (χ2v) is 3.97. The molecule has 2 N–H and O–H groups in total. The van der Waals surface area contributed by atoms with Crippen LogP contribution in [0.2, 0.25) is 0 Å². The van der Waals surface area contributed by atoms with Gasteiger partial charge in [-0.1, -0.05) is 13.8 Å². The third-order valence-electron chi connectivity index (χ3n) is 2.29. The molecule has 0 fully saturated rings. The Kier molecular flexibility index (Phi) is 7.33. The van der Waals surface area contributed by atoms with Crippen molar-refractivity contribution in [2.45, 2.75) is 33.6 Å². The van der Waals surface area contributed by atoms with Gasteiger partial charge in [0.1, 0.15) is 0 Å². The lowest BCUT2D eigenvalue weighted by molar-refractivity contribution is -0.137. The van der Waals surface area contributed by atoms with E-state index in [-0.39, 0.29) is 18.4 Å². The molecule has 0 rings (SSSR count). The standard InChI is InChI=1S/C11H22N2O3/c1-4-6-13(5-2)11(16)12-8-9(3)7-10(14)15/h9H,4-8H2,1-3H3,(H,12,16)(H,14,15). The van der Waals surface area contributed by atoms with Crippen molar-refractivity contribution in [2.75, 3.05) is 19.6 Å². The van der Waals surface area contributed by atoms with Crippen molar-refractivity contribution in [3.8, 4) is 0 Å². The number of hydrogen-bond acceptors (Lipinski definition) is 2. The van der Waals surface area contributed by atoms with Crippen molar-refractivity contribution in [1.29, 1.82) is 0 Å². The van der Waals surface area contributed by atoms with E-state index < -0.39 is 5.97 Å². The number of hydrogen-bond donors (Lipinski definition) is 2. The summed E-state index contributed by atoms with van der Waals surface area (Å²) >= 11 is 0. The summed E-state index contributed by atoms with van der Waals surface area (Å²) in [5.41, 5.74) is 0. The number of carbonyl (C=O) groups is 2. The summed E-state index contributed by atoms with van der Waals surface area (Å²) in [6.07, 6.45) is 1.01. The molecule has 0 aliphatic heterocycles. The van der Waals surface area contributed by atoms with E-state index in [0.717, 1.165) is 13.0 Å². The van der Waals surface area contributed by atoms with Gasteiger partial charge in [-0.3, -0.25) is 4.79 Å². The van der Waals surface area contributed by atoms with Gasteiger partial charge in [0, 0.05) is 26.1 Å². The summed E-state index contributed by atoms with van der Waals surface area (Å²) in [6, 6.07) is -0.110. The highest BCUT2D eigenvalue weighted by atomic mass is 16.4. The summed E-state index contributed by atoms with van der Waals surface area (Å²) in [6.45, 7) is 7.57. The van der Waals surface area contributed by atoms with Gasteiger partial charge >= 0.3 is 12.0 Å². The fourth-order valence-corrected chi connectivity index (χ4v) is 1.42. The molecular formula is C11H22N2O3. The van der Waals surface area contributed by atoms with Crippen molar-refractivity contribution >= 4 is 12.0 Å². The third-order valence-corrected chi connectivity index (χ3v) is 2.29. The van der Waals surface area contributed by atoms with Crippen LogP contribution < -0.4 is 5.32 Å². The Morgan fingerprint density at radius 3 is 2.44 bits per heavy atom. The molecule has 16 heavy (non-hydrogen) atoms. The molecule has 5 heteroatoms. The number of amides is 2. The van der Waals surface area contributed by atoms with E-state index in [0.29, 0.717) is 13.1 Å². The number of carboxylic acid groups (broad SMARTS) is 1. The minimum Gasteiger partial charge on any atom is -0.481 e. The first-order valence-electron chi connectivity index (χ1n) is 5.75. The molecule has 0 spiro atoms. The van der Waals surface area contributed by atoms with Crippen LogP contribution in [0.3, 0.4) is 0 Å². The van der Waals surface area contributed by atoms with Gasteiger partial charge in [0.25, 0.3) is 0 Å². The zero-order valence-electron chi connectivity index (χ0n) is 10.3. The molecule has 0 heterocycles. The van der Waals surface area contributed by atoms with Crippen LogP contribution in [0.15, 0.2) is 0 Å². The maximum absolute atomic E-state index is 11.6. The number of rotatable bonds is 7. The van der Waals surface area contributed by atoms with E-state index in [4.69, 9.17) is 5.11 Å². The molecular weight excluding hydrogens is 208 g/mol. The maximum Gasteiger partial charge on any atom is 0.317 e. The van der Waals surface area contributed by atoms with Gasteiger partial charge in [-0.2, -0.15) is 0 Å². The fourth-order valence-electron chi connectivity index (χ4n) is 1.42. The third kappa shape index (κ3) is 6.27. The SMILES string of the molecule is CCCN(CC)C(=O)NCC(C)CC(=O)O. The molecule has 0 aliphatic rings. The summed E-state index contributed by atoms with van der Waals surface area (Å²) < 4.78 is 0. The van der Waals surface area contributed by atoms with Crippen LogP contribution >= 0.6 is 0 Å². The number of urea groups is 1. The molecule has 2 amide bonds. The van der Waals surface area contributed by atoms with E-state index in [1.807, 2.05) is 20.8 Å². The van der Waals surface area contributed by atoms with Crippen LogP contribution in [-0.2, 0) is 4.79 Å². The number of aliphatic carboxylic acids is 1. The Balaban J connectivity index is 3.90. The molecule has 0 aromatic carbocycles. The number of carboxylic acids is 1. The molecule has 0 aliphatic carbocycles. The maximum atomic E-state index is 11.6. The molecule has 0 saturated carbocycles. The average molecular weight is 230 g/mol. The normalized spacial score (nSPS) is 11.9. The molecule has 0 bridgehead atoms. The Bertz CT molecular complexity index is 231. The Morgan fingerprint density at radius 1 is 1.38 bits per heavy atom. The topological polar surface area (TPSA) is 69.6 Å². The van der Waals surface area contributed by atoms with Crippen molar-refractivity contribution in [3.05, 3.63) is 0 Å². The number of nitrogens with one attached hydrogen (secondary N) is 1. The molecule has 0 radical (unpaired) electrons. The summed E-state index contributed by atoms with van der Waals surface area (Å²) in [7, 11) is 0. The largest absolute Gasteiger partial charge is 0.481 e. The highest BCUT2D eigenvalue weighted by Gasteiger charge is 2.12. The lowest BCUT2D eigenvalue weighted by Gasteiger charge is -2.21. The second-order valence-electron chi connectivity index (χ2n) is 3.97. The Hall–Kier alpha value is -1.26. The van der Waals surface area contributed by atoms with Crippen LogP contribution in [0.1, 0.15) is 33.6 Å². The van der Waals surface area contributed by atoms with Crippen LogP contribution in [-0.4, -0.2) is 41.6 Å². The van der Waals surface area contributed by atoms with Gasteiger partial charge in [-0.15, -0.1) is 0 Å². The Labute approximate surface area is 96.8 Å².